The highest BCUT2D eigenvalue weighted by molar-refractivity contribution is 6.07. The molecule has 1 amide bonds. The highest BCUT2D eigenvalue weighted by Gasteiger charge is 2.19. The molecule has 2 aromatic carbocycles. The average Bonchev–Trinajstić information content (AvgIpc) is 3.44. The Morgan fingerprint density at radius 2 is 2.03 bits per heavy atom. The number of nitrogens with zero attached hydrogens (tertiary/aromatic N) is 3. The first kappa shape index (κ1) is 21.4. The van der Waals surface area contributed by atoms with Gasteiger partial charge in [0.05, 0.1) is 12.3 Å². The fourth-order valence-corrected chi connectivity index (χ4v) is 4.64. The molecule has 0 spiro atoms. The third-order valence-electron chi connectivity index (χ3n) is 6.45. The predicted octanol–water partition coefficient (Wildman–Crippen LogP) is 3.31. The maximum atomic E-state index is 13.5. The number of nitrogens with one attached hydrogen (secondary N) is 1. The van der Waals surface area contributed by atoms with Gasteiger partial charge in [-0.2, -0.15) is 5.10 Å². The molecule has 0 bridgehead atoms. The summed E-state index contributed by atoms with van der Waals surface area (Å²) in [6, 6.07) is 14.3. The fourth-order valence-electron chi connectivity index (χ4n) is 4.64. The molecule has 0 saturated carbocycles. The summed E-state index contributed by atoms with van der Waals surface area (Å²) in [6.45, 7) is 5.81. The normalized spacial score (nSPS) is 16.0. The van der Waals surface area contributed by atoms with Crippen LogP contribution in [0, 0.1) is 13.8 Å². The Hall–Kier alpha value is -3.45. The Balaban J connectivity index is 1.53. The molecule has 1 aliphatic heterocycles. The lowest BCUT2D eigenvalue weighted by Crippen LogP contribution is -2.37. The van der Waals surface area contributed by atoms with Gasteiger partial charge in [0, 0.05) is 36.0 Å². The zero-order chi connectivity index (χ0) is 22.9. The summed E-state index contributed by atoms with van der Waals surface area (Å²) in [7, 11) is 0. The van der Waals surface area contributed by atoms with Gasteiger partial charge in [0.15, 0.2) is 0 Å². The van der Waals surface area contributed by atoms with Crippen molar-refractivity contribution < 1.29 is 9.53 Å². The smallest absolute Gasteiger partial charge is 0.291 e. The summed E-state index contributed by atoms with van der Waals surface area (Å²) in [6.07, 6.45) is 3.72. The van der Waals surface area contributed by atoms with Gasteiger partial charge in [0.1, 0.15) is 12.1 Å². The van der Waals surface area contributed by atoms with E-state index in [9.17, 15) is 9.59 Å². The van der Waals surface area contributed by atoms with E-state index in [1.165, 1.54) is 15.8 Å². The van der Waals surface area contributed by atoms with Gasteiger partial charge in [-0.3, -0.25) is 9.59 Å². The van der Waals surface area contributed by atoms with Crippen LogP contribution >= 0.6 is 0 Å². The molecule has 5 rings (SSSR count). The number of carbonyl (C=O) groups is 1. The van der Waals surface area contributed by atoms with Gasteiger partial charge in [-0.05, 0) is 43.9 Å². The molecule has 1 saturated heterocycles. The number of aromatic nitrogens is 3. The maximum absolute atomic E-state index is 13.5. The standard InChI is InChI=1S/C26H28N4O3/c1-17-9-10-18(2)19(12-17)15-29-23-8-4-3-7-21(23)22-14-28-30(26(32)25(22)29)16-24(31)27-13-20-6-5-11-33-20/h3-4,7-10,12,14,20H,5-6,11,13,15-16H2,1-2H3,(H,27,31). The first-order valence-corrected chi connectivity index (χ1v) is 11.4. The summed E-state index contributed by atoms with van der Waals surface area (Å²) in [5.74, 6) is -0.239. The zero-order valence-electron chi connectivity index (χ0n) is 19.0. The molecule has 1 N–H and O–H groups in total. The van der Waals surface area contributed by atoms with Gasteiger partial charge in [-0.1, -0.05) is 42.0 Å². The Morgan fingerprint density at radius 1 is 1.18 bits per heavy atom. The van der Waals surface area contributed by atoms with Crippen LogP contribution in [0.5, 0.6) is 0 Å². The minimum absolute atomic E-state index is 0.0567. The number of benzene rings is 2. The van der Waals surface area contributed by atoms with Gasteiger partial charge in [-0.25, -0.2) is 4.68 Å². The summed E-state index contributed by atoms with van der Waals surface area (Å²) in [5, 5.41) is 8.99. The fraction of sp³-hybridized carbons (Fsp3) is 0.346. The number of amides is 1. The second kappa shape index (κ2) is 8.83. The summed E-state index contributed by atoms with van der Waals surface area (Å²) >= 11 is 0. The van der Waals surface area contributed by atoms with E-state index in [1.54, 1.807) is 6.20 Å². The van der Waals surface area contributed by atoms with Crippen molar-refractivity contribution in [2.24, 2.45) is 0 Å². The Kier molecular flexibility index (Phi) is 5.72. The largest absolute Gasteiger partial charge is 0.376 e. The third-order valence-corrected chi connectivity index (χ3v) is 6.45. The number of fused-ring (bicyclic) bond motifs is 3. The number of carbonyl (C=O) groups excluding carboxylic acids is 1. The lowest BCUT2D eigenvalue weighted by atomic mass is 10.1. The first-order chi connectivity index (χ1) is 16.0. The van der Waals surface area contributed by atoms with Crippen LogP contribution in [-0.2, 0) is 22.6 Å². The predicted molar refractivity (Wildman–Crippen MR) is 129 cm³/mol. The molecule has 1 atom stereocenters. The second-order valence-electron chi connectivity index (χ2n) is 8.84. The minimum Gasteiger partial charge on any atom is -0.376 e. The van der Waals surface area contributed by atoms with E-state index in [4.69, 9.17) is 4.74 Å². The van der Waals surface area contributed by atoms with Crippen molar-refractivity contribution in [3.63, 3.8) is 0 Å². The number of para-hydroxylation sites is 1. The van der Waals surface area contributed by atoms with Crippen LogP contribution in [0.2, 0.25) is 0 Å². The van der Waals surface area contributed by atoms with Crippen LogP contribution in [0.25, 0.3) is 21.8 Å². The van der Waals surface area contributed by atoms with Gasteiger partial charge >= 0.3 is 0 Å². The van der Waals surface area contributed by atoms with E-state index >= 15 is 0 Å². The summed E-state index contributed by atoms with van der Waals surface area (Å²) in [5.41, 5.74) is 4.80. The molecule has 1 aliphatic rings. The lowest BCUT2D eigenvalue weighted by Gasteiger charge is -2.13. The molecule has 4 aromatic rings. The molecule has 0 radical (unpaired) electrons. The van der Waals surface area contributed by atoms with E-state index in [0.29, 0.717) is 18.6 Å². The van der Waals surface area contributed by atoms with Crippen molar-refractivity contribution in [3.8, 4) is 0 Å². The van der Waals surface area contributed by atoms with Crippen LogP contribution < -0.4 is 10.9 Å². The highest BCUT2D eigenvalue weighted by atomic mass is 16.5. The third kappa shape index (κ3) is 4.16. The quantitative estimate of drug-likeness (QED) is 0.495. The van der Waals surface area contributed by atoms with Gasteiger partial charge in [0.2, 0.25) is 5.91 Å². The number of hydrogen-bond donors (Lipinski definition) is 1. The zero-order valence-corrected chi connectivity index (χ0v) is 19.0. The minimum atomic E-state index is -0.263. The molecular formula is C26H28N4O3. The lowest BCUT2D eigenvalue weighted by molar-refractivity contribution is -0.122. The molecule has 3 heterocycles. The van der Waals surface area contributed by atoms with E-state index in [0.717, 1.165) is 41.3 Å². The van der Waals surface area contributed by atoms with Gasteiger partial charge in [0.25, 0.3) is 5.56 Å². The molecule has 0 aliphatic carbocycles. The molecule has 7 heteroatoms. The van der Waals surface area contributed by atoms with Crippen LogP contribution in [0.3, 0.4) is 0 Å². The number of aryl methyl sites for hydroxylation is 2. The van der Waals surface area contributed by atoms with Crippen molar-refractivity contribution >= 4 is 27.7 Å². The number of rotatable bonds is 6. The van der Waals surface area contributed by atoms with Crippen molar-refractivity contribution in [3.05, 3.63) is 75.7 Å². The molecule has 1 fully saturated rings. The average molecular weight is 445 g/mol. The first-order valence-electron chi connectivity index (χ1n) is 11.4. The van der Waals surface area contributed by atoms with E-state index in [-0.39, 0.29) is 24.1 Å². The van der Waals surface area contributed by atoms with Crippen LogP contribution in [0.15, 0.2) is 53.5 Å². The Bertz CT molecular complexity index is 1400. The summed E-state index contributed by atoms with van der Waals surface area (Å²) < 4.78 is 8.87. The van der Waals surface area contributed by atoms with Crippen molar-refractivity contribution in [2.75, 3.05) is 13.2 Å². The molecule has 7 nitrogen and oxygen atoms in total. The van der Waals surface area contributed by atoms with E-state index in [1.807, 2.05) is 24.3 Å². The Labute approximate surface area is 192 Å². The SMILES string of the molecule is Cc1ccc(C)c(Cn2c3ccccc3c3cnn(CC(=O)NCC4CCCO4)c(=O)c32)c1. The van der Waals surface area contributed by atoms with Crippen molar-refractivity contribution in [1.29, 1.82) is 0 Å². The molecular weight excluding hydrogens is 416 g/mol. The molecule has 1 unspecified atom stereocenters. The van der Waals surface area contributed by atoms with Gasteiger partial charge in [-0.15, -0.1) is 0 Å². The highest BCUT2D eigenvalue weighted by Crippen LogP contribution is 2.27. The Morgan fingerprint density at radius 3 is 2.85 bits per heavy atom. The number of hydrogen-bond acceptors (Lipinski definition) is 4. The monoisotopic (exact) mass is 444 g/mol. The van der Waals surface area contributed by atoms with Crippen LogP contribution in [-0.4, -0.2) is 39.5 Å². The molecule has 2 aromatic heterocycles. The second-order valence-corrected chi connectivity index (χ2v) is 8.84. The maximum Gasteiger partial charge on any atom is 0.291 e. The topological polar surface area (TPSA) is 78.2 Å². The molecule has 33 heavy (non-hydrogen) atoms. The van der Waals surface area contributed by atoms with E-state index in [2.05, 4.69) is 47.0 Å². The van der Waals surface area contributed by atoms with Crippen LogP contribution in [0.1, 0.15) is 29.5 Å². The summed E-state index contributed by atoms with van der Waals surface area (Å²) in [4.78, 5) is 26.0. The number of ether oxygens (including phenoxy) is 1. The van der Waals surface area contributed by atoms with Crippen molar-refractivity contribution in [2.45, 2.75) is 45.9 Å². The van der Waals surface area contributed by atoms with Crippen molar-refractivity contribution in [1.82, 2.24) is 19.7 Å². The molecule has 170 valence electrons. The van der Waals surface area contributed by atoms with Crippen LogP contribution in [0.4, 0.5) is 0 Å². The van der Waals surface area contributed by atoms with E-state index < -0.39 is 0 Å². The van der Waals surface area contributed by atoms with Gasteiger partial charge < -0.3 is 14.6 Å².